The molecule has 0 unspecified atom stereocenters. The largest absolute Gasteiger partial charge is 0.330 e. The number of halogens is 2. The summed E-state index contributed by atoms with van der Waals surface area (Å²) < 4.78 is 1.56. The van der Waals surface area contributed by atoms with Crippen LogP contribution in [0.5, 0.6) is 0 Å². The molecule has 0 aliphatic heterocycles. The van der Waals surface area contributed by atoms with Crippen molar-refractivity contribution in [3.63, 3.8) is 0 Å². The van der Waals surface area contributed by atoms with Gasteiger partial charge < -0.3 is 5.32 Å². The van der Waals surface area contributed by atoms with E-state index in [1.165, 1.54) is 0 Å². The molecule has 2 aromatic heterocycles. The smallest absolute Gasteiger partial charge is 0.324 e. The normalized spacial score (nSPS) is 16.8. The molecule has 32 heavy (non-hydrogen) atoms. The number of hydrogen-bond donors (Lipinski definition) is 2. The molecule has 5 rings (SSSR count). The molecule has 2 N–H and O–H groups in total. The van der Waals surface area contributed by atoms with Crippen molar-refractivity contribution in [3.8, 4) is 0 Å². The average Bonchev–Trinajstić information content (AvgIpc) is 3.62. The van der Waals surface area contributed by atoms with Gasteiger partial charge in [-0.05, 0) is 50.8 Å². The van der Waals surface area contributed by atoms with Crippen LogP contribution in [0.1, 0.15) is 50.4 Å². The summed E-state index contributed by atoms with van der Waals surface area (Å²) in [7, 11) is 0. The van der Waals surface area contributed by atoms with Gasteiger partial charge >= 0.3 is 5.69 Å². The number of hydrogen-bond acceptors (Lipinski definition) is 6. The summed E-state index contributed by atoms with van der Waals surface area (Å²) in [5.41, 5.74) is -0.196. The van der Waals surface area contributed by atoms with Gasteiger partial charge in [0, 0.05) is 17.0 Å². The van der Waals surface area contributed by atoms with Crippen molar-refractivity contribution in [2.45, 2.75) is 54.8 Å². The second-order valence-corrected chi connectivity index (χ2v) is 10.3. The second kappa shape index (κ2) is 8.20. The number of carbonyl (C=O) groups is 1. The van der Waals surface area contributed by atoms with Gasteiger partial charge in [0.25, 0.3) is 5.56 Å². The number of H-pyrrole nitrogens is 1. The van der Waals surface area contributed by atoms with Gasteiger partial charge in [0.1, 0.15) is 16.2 Å². The Morgan fingerprint density at radius 3 is 2.62 bits per heavy atom. The molecular weight excluding hydrogens is 473 g/mol. The Balaban J connectivity index is 1.51. The second-order valence-electron chi connectivity index (χ2n) is 8.09. The lowest BCUT2D eigenvalue weighted by atomic mass is 10.3. The summed E-state index contributed by atoms with van der Waals surface area (Å²) in [5.74, 6) is 0.538. The molecule has 0 radical (unpaired) electrons. The Morgan fingerprint density at radius 1 is 1.22 bits per heavy atom. The van der Waals surface area contributed by atoms with E-state index in [4.69, 9.17) is 23.2 Å². The van der Waals surface area contributed by atoms with E-state index in [-0.39, 0.29) is 23.3 Å². The quantitative estimate of drug-likeness (QED) is 0.396. The fraction of sp³-hybridized carbons (Fsp3) is 0.381. The number of benzene rings is 1. The first-order valence-corrected chi connectivity index (χ1v) is 11.9. The third kappa shape index (κ3) is 4.16. The molecule has 1 aromatic carbocycles. The maximum atomic E-state index is 12.8. The zero-order chi connectivity index (χ0) is 22.6. The van der Waals surface area contributed by atoms with Gasteiger partial charge in [-0.25, -0.2) is 14.8 Å². The van der Waals surface area contributed by atoms with Crippen molar-refractivity contribution in [2.24, 2.45) is 0 Å². The van der Waals surface area contributed by atoms with Crippen LogP contribution < -0.4 is 16.6 Å². The Morgan fingerprint density at radius 2 is 1.97 bits per heavy atom. The van der Waals surface area contributed by atoms with Gasteiger partial charge in [-0.1, -0.05) is 35.0 Å². The Labute approximate surface area is 196 Å². The van der Waals surface area contributed by atoms with Crippen LogP contribution in [-0.4, -0.2) is 30.7 Å². The minimum absolute atomic E-state index is 0.0365. The van der Waals surface area contributed by atoms with Gasteiger partial charge in [0.2, 0.25) is 5.91 Å². The van der Waals surface area contributed by atoms with Gasteiger partial charge in [-0.2, -0.15) is 0 Å². The van der Waals surface area contributed by atoms with Crippen LogP contribution >= 0.6 is 35.0 Å². The van der Waals surface area contributed by atoms with E-state index in [1.54, 1.807) is 29.7 Å². The van der Waals surface area contributed by atoms with Crippen molar-refractivity contribution in [2.75, 3.05) is 5.32 Å². The van der Waals surface area contributed by atoms with Crippen molar-refractivity contribution in [1.29, 1.82) is 0 Å². The van der Waals surface area contributed by atoms with Gasteiger partial charge in [-0.3, -0.25) is 19.1 Å². The monoisotopic (exact) mass is 491 g/mol. The number of carbonyl (C=O) groups excluding carboxylic acids is 1. The minimum Gasteiger partial charge on any atom is -0.324 e. The minimum atomic E-state index is -0.590. The van der Waals surface area contributed by atoms with Gasteiger partial charge in [-0.15, -0.1) is 0 Å². The average molecular weight is 492 g/mol. The molecule has 2 fully saturated rings. The van der Waals surface area contributed by atoms with Gasteiger partial charge in [0.15, 0.2) is 5.65 Å². The number of aromatic nitrogens is 4. The SMILES string of the molecule is C[C@H](Sc1nc(C2CC2)nc2c1c(=O)[nH]c(=O)n2C1CC1)C(=O)Nc1ccc(Cl)cc1Cl. The lowest BCUT2D eigenvalue weighted by Gasteiger charge is -2.15. The van der Waals surface area contributed by atoms with Crippen molar-refractivity contribution in [3.05, 3.63) is 54.9 Å². The highest BCUT2D eigenvalue weighted by molar-refractivity contribution is 8.00. The number of anilines is 1. The van der Waals surface area contributed by atoms with Crippen LogP contribution in [0, 0.1) is 0 Å². The number of aromatic amines is 1. The summed E-state index contributed by atoms with van der Waals surface area (Å²) >= 11 is 13.2. The van der Waals surface area contributed by atoms with Crippen LogP contribution in [0.4, 0.5) is 5.69 Å². The highest BCUT2D eigenvalue weighted by Gasteiger charge is 2.33. The molecular formula is C21H19Cl2N5O3S. The Hall–Kier alpha value is -2.36. The Kier molecular flexibility index (Phi) is 5.51. The number of fused-ring (bicyclic) bond motifs is 1. The fourth-order valence-electron chi connectivity index (χ4n) is 3.46. The maximum absolute atomic E-state index is 12.8. The van der Waals surface area contributed by atoms with E-state index >= 15 is 0 Å². The first-order chi connectivity index (χ1) is 15.3. The summed E-state index contributed by atoms with van der Waals surface area (Å²) in [6, 6.07) is 4.85. The molecule has 2 saturated carbocycles. The summed E-state index contributed by atoms with van der Waals surface area (Å²) in [6.45, 7) is 1.72. The van der Waals surface area contributed by atoms with Crippen LogP contribution in [0.25, 0.3) is 11.0 Å². The lowest BCUT2D eigenvalue weighted by Crippen LogP contribution is -2.31. The molecule has 0 spiro atoms. The molecule has 3 aromatic rings. The van der Waals surface area contributed by atoms with Crippen molar-refractivity contribution >= 4 is 57.6 Å². The number of thioether (sulfide) groups is 1. The third-order valence-corrected chi connectivity index (χ3v) is 7.10. The number of nitrogens with zero attached hydrogens (tertiary/aromatic N) is 3. The molecule has 8 nitrogen and oxygen atoms in total. The van der Waals surface area contributed by atoms with Crippen LogP contribution in [0.15, 0.2) is 32.8 Å². The fourth-order valence-corrected chi connectivity index (χ4v) is 4.87. The van der Waals surface area contributed by atoms with E-state index in [0.717, 1.165) is 37.4 Å². The highest BCUT2D eigenvalue weighted by atomic mass is 35.5. The molecule has 2 aliphatic rings. The highest BCUT2D eigenvalue weighted by Crippen LogP contribution is 2.41. The first-order valence-electron chi connectivity index (χ1n) is 10.3. The van der Waals surface area contributed by atoms with E-state index in [9.17, 15) is 14.4 Å². The van der Waals surface area contributed by atoms with E-state index in [1.807, 2.05) is 0 Å². The first kappa shape index (κ1) is 21.5. The van der Waals surface area contributed by atoms with Crippen LogP contribution in [-0.2, 0) is 4.79 Å². The zero-order valence-electron chi connectivity index (χ0n) is 17.0. The van der Waals surface area contributed by atoms with E-state index in [2.05, 4.69) is 20.3 Å². The maximum Gasteiger partial charge on any atom is 0.330 e. The number of amides is 1. The number of nitrogens with one attached hydrogen (secondary N) is 2. The van der Waals surface area contributed by atoms with Crippen LogP contribution in [0.2, 0.25) is 10.0 Å². The van der Waals surface area contributed by atoms with E-state index in [0.29, 0.717) is 32.2 Å². The molecule has 11 heteroatoms. The standard InChI is InChI=1S/C21H19Cl2N5O3S/c1-9(18(29)24-14-7-4-11(22)8-13(14)23)32-20-15-17(25-16(26-20)10-2-3-10)28(12-5-6-12)21(31)27-19(15)30/h4,7-10,12H,2-3,5-6H2,1H3,(H,24,29)(H,27,30,31)/t9-/m0/s1. The molecule has 2 heterocycles. The van der Waals surface area contributed by atoms with Crippen molar-refractivity contribution in [1.82, 2.24) is 19.5 Å². The predicted octanol–water partition coefficient (Wildman–Crippen LogP) is 4.12. The molecule has 1 amide bonds. The zero-order valence-corrected chi connectivity index (χ0v) is 19.4. The summed E-state index contributed by atoms with van der Waals surface area (Å²) in [6.07, 6.45) is 3.68. The lowest BCUT2D eigenvalue weighted by molar-refractivity contribution is -0.115. The summed E-state index contributed by atoms with van der Waals surface area (Å²) in [4.78, 5) is 49.7. The third-order valence-electron chi connectivity index (χ3n) is 5.47. The topological polar surface area (TPSA) is 110 Å². The predicted molar refractivity (Wildman–Crippen MR) is 125 cm³/mol. The summed E-state index contributed by atoms with van der Waals surface area (Å²) in [5, 5.41) is 3.64. The van der Waals surface area contributed by atoms with Gasteiger partial charge in [0.05, 0.1) is 16.0 Å². The molecule has 0 saturated heterocycles. The molecule has 2 aliphatic carbocycles. The Bertz CT molecular complexity index is 1360. The van der Waals surface area contributed by atoms with Crippen LogP contribution in [0.3, 0.4) is 0 Å². The van der Waals surface area contributed by atoms with Crippen molar-refractivity contribution < 1.29 is 4.79 Å². The molecule has 1 atom stereocenters. The number of rotatable bonds is 6. The van der Waals surface area contributed by atoms with E-state index < -0.39 is 16.5 Å². The molecule has 166 valence electrons. The molecule has 0 bridgehead atoms.